The summed E-state index contributed by atoms with van der Waals surface area (Å²) in [5.74, 6) is 0.304. The number of aliphatic hydroxyl groups excluding tert-OH is 1. The minimum Gasteiger partial charge on any atom is -0.395 e. The Morgan fingerprint density at radius 3 is 2.89 bits per heavy atom. The van der Waals surface area contributed by atoms with Gasteiger partial charge in [-0.3, -0.25) is 4.79 Å². The van der Waals surface area contributed by atoms with Gasteiger partial charge in [0.15, 0.2) is 0 Å². The first-order chi connectivity index (χ1) is 9.13. The van der Waals surface area contributed by atoms with Gasteiger partial charge < -0.3 is 20.1 Å². The standard InChI is InChI=1S/C12H18ClN3O3/c1-14-11-7-9(10(13)8-15-11)12(18)16(3-5-17)4-6-19-2/h7-8,17H,3-6H2,1-2H3,(H,14,15). The number of aliphatic hydroxyl groups is 1. The van der Waals surface area contributed by atoms with E-state index in [-0.39, 0.29) is 24.1 Å². The summed E-state index contributed by atoms with van der Waals surface area (Å²) >= 11 is 5.99. The van der Waals surface area contributed by atoms with E-state index >= 15 is 0 Å². The van der Waals surface area contributed by atoms with Gasteiger partial charge in [-0.2, -0.15) is 0 Å². The topological polar surface area (TPSA) is 74.7 Å². The molecule has 0 saturated carbocycles. The number of methoxy groups -OCH3 is 1. The van der Waals surface area contributed by atoms with Gasteiger partial charge >= 0.3 is 0 Å². The Hall–Kier alpha value is -1.37. The van der Waals surface area contributed by atoms with Gasteiger partial charge in [-0.25, -0.2) is 4.98 Å². The van der Waals surface area contributed by atoms with Gasteiger partial charge in [-0.05, 0) is 6.07 Å². The van der Waals surface area contributed by atoms with Crippen molar-refractivity contribution in [2.45, 2.75) is 0 Å². The third-order valence-corrected chi connectivity index (χ3v) is 2.87. The average Bonchev–Trinajstić information content (AvgIpc) is 2.43. The number of amides is 1. The highest BCUT2D eigenvalue weighted by molar-refractivity contribution is 6.33. The van der Waals surface area contributed by atoms with Gasteiger partial charge in [-0.1, -0.05) is 11.6 Å². The number of hydrogen-bond donors (Lipinski definition) is 2. The second-order valence-electron chi connectivity index (χ2n) is 3.81. The summed E-state index contributed by atoms with van der Waals surface area (Å²) in [6.07, 6.45) is 1.42. The summed E-state index contributed by atoms with van der Waals surface area (Å²) in [5.41, 5.74) is 0.352. The fourth-order valence-corrected chi connectivity index (χ4v) is 1.73. The van der Waals surface area contributed by atoms with E-state index in [4.69, 9.17) is 21.4 Å². The molecule has 0 bridgehead atoms. The van der Waals surface area contributed by atoms with Crippen molar-refractivity contribution >= 4 is 23.3 Å². The maximum Gasteiger partial charge on any atom is 0.255 e. The zero-order valence-electron chi connectivity index (χ0n) is 11.0. The predicted molar refractivity (Wildman–Crippen MR) is 73.7 cm³/mol. The Bertz CT molecular complexity index is 429. The molecule has 1 rings (SSSR count). The lowest BCUT2D eigenvalue weighted by Crippen LogP contribution is -2.36. The lowest BCUT2D eigenvalue weighted by Gasteiger charge is -2.22. The third-order valence-electron chi connectivity index (χ3n) is 2.56. The summed E-state index contributed by atoms with van der Waals surface area (Å²) in [5, 5.41) is 12.1. The van der Waals surface area contributed by atoms with Gasteiger partial charge in [0.2, 0.25) is 0 Å². The molecule has 1 heterocycles. The van der Waals surface area contributed by atoms with Crippen LogP contribution in [0.1, 0.15) is 10.4 Å². The molecule has 0 atom stereocenters. The van der Waals surface area contributed by atoms with Crippen LogP contribution in [-0.4, -0.2) is 61.4 Å². The molecule has 6 nitrogen and oxygen atoms in total. The number of rotatable bonds is 7. The van der Waals surface area contributed by atoms with Crippen LogP contribution in [0.15, 0.2) is 12.3 Å². The fourth-order valence-electron chi connectivity index (χ4n) is 1.55. The number of halogens is 1. The highest BCUT2D eigenvalue weighted by Gasteiger charge is 2.18. The molecular weight excluding hydrogens is 270 g/mol. The molecule has 1 aromatic heterocycles. The number of ether oxygens (including phenoxy) is 1. The minimum absolute atomic E-state index is 0.114. The van der Waals surface area contributed by atoms with Crippen LogP contribution in [-0.2, 0) is 4.74 Å². The molecule has 19 heavy (non-hydrogen) atoms. The molecule has 7 heteroatoms. The first kappa shape index (κ1) is 15.7. The van der Waals surface area contributed by atoms with Crippen molar-refractivity contribution < 1.29 is 14.6 Å². The average molecular weight is 288 g/mol. The Labute approximate surface area is 117 Å². The lowest BCUT2D eigenvalue weighted by atomic mass is 10.2. The fraction of sp³-hybridized carbons (Fsp3) is 0.500. The Kier molecular flexibility index (Phi) is 6.55. The van der Waals surface area contributed by atoms with Crippen molar-refractivity contribution in [3.8, 4) is 0 Å². The summed E-state index contributed by atoms with van der Waals surface area (Å²) in [6.45, 7) is 0.906. The number of nitrogens with zero attached hydrogens (tertiary/aromatic N) is 2. The zero-order valence-corrected chi connectivity index (χ0v) is 11.8. The van der Waals surface area contributed by atoms with Crippen LogP contribution in [0.3, 0.4) is 0 Å². The first-order valence-corrected chi connectivity index (χ1v) is 6.24. The van der Waals surface area contributed by atoms with Crippen LogP contribution in [0.5, 0.6) is 0 Å². The lowest BCUT2D eigenvalue weighted by molar-refractivity contribution is 0.0656. The molecular formula is C12H18ClN3O3. The second kappa shape index (κ2) is 7.93. The van der Waals surface area contributed by atoms with E-state index in [0.717, 1.165) is 0 Å². The highest BCUT2D eigenvalue weighted by Crippen LogP contribution is 2.19. The van der Waals surface area contributed by atoms with Gasteiger partial charge in [0.1, 0.15) is 5.82 Å². The van der Waals surface area contributed by atoms with Gasteiger partial charge in [-0.15, -0.1) is 0 Å². The number of carbonyl (C=O) groups excluding carboxylic acids is 1. The van der Waals surface area contributed by atoms with E-state index in [2.05, 4.69) is 10.3 Å². The van der Waals surface area contributed by atoms with Gasteiger partial charge in [0, 0.05) is 33.4 Å². The molecule has 0 aromatic carbocycles. The number of hydrogen-bond acceptors (Lipinski definition) is 5. The van der Waals surface area contributed by atoms with Crippen molar-refractivity contribution in [2.75, 3.05) is 45.8 Å². The van der Waals surface area contributed by atoms with Crippen LogP contribution in [0, 0.1) is 0 Å². The smallest absolute Gasteiger partial charge is 0.255 e. The van der Waals surface area contributed by atoms with Crippen molar-refractivity contribution in [2.24, 2.45) is 0 Å². The summed E-state index contributed by atoms with van der Waals surface area (Å²) in [7, 11) is 3.26. The zero-order chi connectivity index (χ0) is 14.3. The number of nitrogens with one attached hydrogen (secondary N) is 1. The Morgan fingerprint density at radius 2 is 2.32 bits per heavy atom. The molecule has 0 fully saturated rings. The monoisotopic (exact) mass is 287 g/mol. The molecule has 0 spiro atoms. The molecule has 106 valence electrons. The third kappa shape index (κ3) is 4.34. The van der Waals surface area contributed by atoms with E-state index < -0.39 is 0 Å². The quantitative estimate of drug-likeness (QED) is 0.778. The van der Waals surface area contributed by atoms with Crippen LogP contribution < -0.4 is 5.32 Å². The van der Waals surface area contributed by atoms with Crippen molar-refractivity contribution in [1.29, 1.82) is 0 Å². The Balaban J connectivity index is 2.94. The van der Waals surface area contributed by atoms with Crippen molar-refractivity contribution in [1.82, 2.24) is 9.88 Å². The van der Waals surface area contributed by atoms with E-state index in [0.29, 0.717) is 24.5 Å². The van der Waals surface area contributed by atoms with E-state index in [9.17, 15) is 4.79 Å². The maximum atomic E-state index is 12.3. The number of aromatic nitrogens is 1. The largest absolute Gasteiger partial charge is 0.395 e. The van der Waals surface area contributed by atoms with Gasteiger partial charge in [0.05, 0.1) is 23.8 Å². The van der Waals surface area contributed by atoms with E-state index in [1.54, 1.807) is 20.2 Å². The number of carbonyl (C=O) groups is 1. The highest BCUT2D eigenvalue weighted by atomic mass is 35.5. The minimum atomic E-state index is -0.255. The number of anilines is 1. The van der Waals surface area contributed by atoms with Crippen molar-refractivity contribution in [3.05, 3.63) is 22.8 Å². The molecule has 0 saturated heterocycles. The second-order valence-corrected chi connectivity index (χ2v) is 4.22. The molecule has 1 aromatic rings. The molecule has 2 N–H and O–H groups in total. The van der Waals surface area contributed by atoms with E-state index in [1.807, 2.05) is 0 Å². The first-order valence-electron chi connectivity index (χ1n) is 5.86. The van der Waals surface area contributed by atoms with Crippen molar-refractivity contribution in [3.63, 3.8) is 0 Å². The van der Waals surface area contributed by atoms with Crippen LogP contribution >= 0.6 is 11.6 Å². The van der Waals surface area contributed by atoms with Crippen LogP contribution in [0.25, 0.3) is 0 Å². The SMILES string of the molecule is CNc1cc(C(=O)N(CCO)CCOC)c(Cl)cn1. The predicted octanol–water partition coefficient (Wildman–Crippen LogP) is 0.858. The Morgan fingerprint density at radius 1 is 1.58 bits per heavy atom. The summed E-state index contributed by atoms with van der Waals surface area (Å²) in [4.78, 5) is 17.9. The van der Waals surface area contributed by atoms with E-state index in [1.165, 1.54) is 11.1 Å². The summed E-state index contributed by atoms with van der Waals surface area (Å²) in [6, 6.07) is 1.59. The maximum absolute atomic E-state index is 12.3. The van der Waals surface area contributed by atoms with Crippen LogP contribution in [0.4, 0.5) is 5.82 Å². The molecule has 0 aliphatic heterocycles. The van der Waals surface area contributed by atoms with Gasteiger partial charge in [0.25, 0.3) is 5.91 Å². The molecule has 0 aliphatic carbocycles. The normalized spacial score (nSPS) is 10.3. The summed E-state index contributed by atoms with van der Waals surface area (Å²) < 4.78 is 4.95. The molecule has 0 aliphatic rings. The van der Waals surface area contributed by atoms with Crippen LogP contribution in [0.2, 0.25) is 5.02 Å². The molecule has 0 unspecified atom stereocenters. The molecule has 0 radical (unpaired) electrons. The molecule has 1 amide bonds. The number of pyridine rings is 1.